The zero-order chi connectivity index (χ0) is 23.6. The van der Waals surface area contributed by atoms with Gasteiger partial charge in [-0.3, -0.25) is 30.0 Å². The largest absolute Gasteiger partial charge is 0.370 e. The van der Waals surface area contributed by atoms with Gasteiger partial charge in [0.05, 0.1) is 23.4 Å². The van der Waals surface area contributed by atoms with Gasteiger partial charge in [0.1, 0.15) is 6.29 Å². The highest BCUT2D eigenvalue weighted by molar-refractivity contribution is 6.01. The average molecular weight is 471 g/mol. The second-order valence-electron chi connectivity index (χ2n) is 7.59. The second kappa shape index (κ2) is 14.1. The van der Waals surface area contributed by atoms with E-state index in [4.69, 9.17) is 16.9 Å². The molecule has 0 aliphatic carbocycles. The number of carbonyl (C=O) groups excluding carboxylic acids is 3. The van der Waals surface area contributed by atoms with Crippen molar-refractivity contribution in [2.75, 3.05) is 6.54 Å². The number of nitrogens with two attached hydrogens (primary N) is 2. The van der Waals surface area contributed by atoms with Crippen LogP contribution in [0.1, 0.15) is 38.7 Å². The summed E-state index contributed by atoms with van der Waals surface area (Å²) in [7, 11) is 0. The molecule has 12 heteroatoms. The number of hydrogen-bond donors (Lipinski definition) is 4. The van der Waals surface area contributed by atoms with E-state index in [1.807, 2.05) is 13.8 Å². The topological polar surface area (TPSA) is 186 Å². The molecule has 0 aromatic heterocycles. The molecule has 0 spiro atoms. The molecule has 0 fully saturated rings. The van der Waals surface area contributed by atoms with E-state index in [-0.39, 0.29) is 48.5 Å². The van der Waals surface area contributed by atoms with Crippen LogP contribution >= 0.6 is 12.4 Å². The summed E-state index contributed by atoms with van der Waals surface area (Å²) in [4.78, 5) is 49.3. The average Bonchev–Trinajstić information content (AvgIpc) is 2.69. The van der Waals surface area contributed by atoms with Crippen molar-refractivity contribution in [1.82, 2.24) is 10.2 Å². The summed E-state index contributed by atoms with van der Waals surface area (Å²) >= 11 is 0. The molecule has 1 aromatic carbocycles. The summed E-state index contributed by atoms with van der Waals surface area (Å²) in [6, 6.07) is 3.65. The van der Waals surface area contributed by atoms with Gasteiger partial charge in [0.15, 0.2) is 5.96 Å². The van der Waals surface area contributed by atoms with Crippen LogP contribution in [-0.2, 0) is 20.8 Å². The number of aldehydes is 1. The van der Waals surface area contributed by atoms with Crippen molar-refractivity contribution >= 4 is 42.2 Å². The lowest BCUT2D eigenvalue weighted by Crippen LogP contribution is -2.53. The summed E-state index contributed by atoms with van der Waals surface area (Å²) in [5.74, 6) is -1.59. The molecule has 1 aromatic rings. The minimum absolute atomic E-state index is 0. The van der Waals surface area contributed by atoms with Crippen LogP contribution in [0, 0.1) is 21.4 Å². The van der Waals surface area contributed by atoms with E-state index in [1.165, 1.54) is 18.2 Å². The lowest BCUT2D eigenvalue weighted by atomic mass is 10.0. The molecule has 11 nitrogen and oxygen atoms in total. The molecule has 0 aliphatic heterocycles. The number of para-hydroxylation sites is 1. The third-order valence-corrected chi connectivity index (χ3v) is 4.56. The maximum absolute atomic E-state index is 13.1. The van der Waals surface area contributed by atoms with Crippen LogP contribution < -0.4 is 16.8 Å². The fraction of sp³-hybridized carbons (Fsp3) is 0.500. The number of guanidine groups is 1. The smallest absolute Gasteiger partial charge is 0.273 e. The first-order valence-corrected chi connectivity index (χ1v) is 9.95. The fourth-order valence-electron chi connectivity index (χ4n) is 3.14. The third-order valence-electron chi connectivity index (χ3n) is 4.56. The summed E-state index contributed by atoms with van der Waals surface area (Å²) < 4.78 is 0. The van der Waals surface area contributed by atoms with Crippen molar-refractivity contribution < 1.29 is 19.3 Å². The molecule has 0 heterocycles. The summed E-state index contributed by atoms with van der Waals surface area (Å²) in [6.45, 7) is 4.02. The van der Waals surface area contributed by atoms with E-state index in [0.29, 0.717) is 19.1 Å². The lowest BCUT2D eigenvalue weighted by Gasteiger charge is -2.29. The SMILES string of the molecule is CC(C)C[C@H](N)C(=O)N(C(=O)Cc1ccccc1[N+](=O)[O-])[C@H](C=O)CCCNC(=N)N.Cl. The number of nitro groups is 1. The van der Waals surface area contributed by atoms with Crippen molar-refractivity contribution in [2.24, 2.45) is 17.4 Å². The Hall–Kier alpha value is -3.05. The Morgan fingerprint density at radius 2 is 1.94 bits per heavy atom. The molecule has 6 N–H and O–H groups in total. The number of imide groups is 1. The van der Waals surface area contributed by atoms with Crippen molar-refractivity contribution in [3.8, 4) is 0 Å². The van der Waals surface area contributed by atoms with Crippen molar-refractivity contribution in [2.45, 2.75) is 51.6 Å². The molecule has 2 atom stereocenters. The van der Waals surface area contributed by atoms with E-state index >= 15 is 0 Å². The molecular formula is C20H31ClN6O5. The summed E-state index contributed by atoms with van der Waals surface area (Å²) in [5.41, 5.74) is 11.1. The van der Waals surface area contributed by atoms with Gasteiger partial charge < -0.3 is 21.6 Å². The predicted molar refractivity (Wildman–Crippen MR) is 122 cm³/mol. The summed E-state index contributed by atoms with van der Waals surface area (Å²) in [5, 5.41) is 21.0. The number of rotatable bonds is 12. The van der Waals surface area contributed by atoms with Crippen LogP contribution in [0.25, 0.3) is 0 Å². The van der Waals surface area contributed by atoms with Gasteiger partial charge in [-0.25, -0.2) is 0 Å². The first-order valence-electron chi connectivity index (χ1n) is 9.95. The zero-order valence-electron chi connectivity index (χ0n) is 18.2. The normalized spacial score (nSPS) is 12.2. The Labute approximate surface area is 193 Å². The molecule has 32 heavy (non-hydrogen) atoms. The van der Waals surface area contributed by atoms with Crippen molar-refractivity contribution in [3.63, 3.8) is 0 Å². The monoisotopic (exact) mass is 470 g/mol. The molecule has 2 amide bonds. The van der Waals surface area contributed by atoms with Gasteiger partial charge in [-0.2, -0.15) is 0 Å². The fourth-order valence-corrected chi connectivity index (χ4v) is 3.14. The number of hydrogen-bond acceptors (Lipinski definition) is 7. The van der Waals surface area contributed by atoms with E-state index in [9.17, 15) is 24.5 Å². The Balaban J connectivity index is 0.00000961. The van der Waals surface area contributed by atoms with Gasteiger partial charge in [-0.1, -0.05) is 32.0 Å². The van der Waals surface area contributed by atoms with Gasteiger partial charge in [0, 0.05) is 18.2 Å². The van der Waals surface area contributed by atoms with Crippen LogP contribution in [0.15, 0.2) is 24.3 Å². The molecule has 0 saturated carbocycles. The lowest BCUT2D eigenvalue weighted by molar-refractivity contribution is -0.385. The molecule has 0 radical (unpaired) electrons. The van der Waals surface area contributed by atoms with E-state index in [1.54, 1.807) is 6.07 Å². The number of halogens is 1. The maximum Gasteiger partial charge on any atom is 0.273 e. The minimum atomic E-state index is -1.09. The van der Waals surface area contributed by atoms with E-state index in [0.717, 1.165) is 4.90 Å². The standard InChI is InChI=1S/C20H30N6O5.ClH/c1-13(2)10-16(21)19(29)25(15(12-27)7-5-9-24-20(22)23)18(28)11-14-6-3-4-8-17(14)26(30)31;/h3-4,6,8,12-13,15-16H,5,7,9-11,21H2,1-2H3,(H4,22,23,24);1H/t15-,16-;/m0./s1. The van der Waals surface area contributed by atoms with Crippen LogP contribution in [0.5, 0.6) is 0 Å². The highest BCUT2D eigenvalue weighted by Gasteiger charge is 2.33. The molecule has 0 unspecified atom stereocenters. The quantitative estimate of drug-likeness (QED) is 0.0873. The molecular weight excluding hydrogens is 440 g/mol. The van der Waals surface area contributed by atoms with Gasteiger partial charge in [0.2, 0.25) is 11.8 Å². The first-order chi connectivity index (χ1) is 14.6. The second-order valence-corrected chi connectivity index (χ2v) is 7.59. The van der Waals surface area contributed by atoms with Crippen molar-refractivity contribution in [3.05, 3.63) is 39.9 Å². The van der Waals surface area contributed by atoms with E-state index in [2.05, 4.69) is 5.32 Å². The van der Waals surface area contributed by atoms with Crippen LogP contribution in [0.4, 0.5) is 5.69 Å². The molecule has 178 valence electrons. The van der Waals surface area contributed by atoms with Crippen LogP contribution in [0.2, 0.25) is 0 Å². The van der Waals surface area contributed by atoms with Crippen LogP contribution in [0.3, 0.4) is 0 Å². The zero-order valence-corrected chi connectivity index (χ0v) is 19.0. The van der Waals surface area contributed by atoms with E-state index < -0.39 is 35.2 Å². The highest BCUT2D eigenvalue weighted by Crippen LogP contribution is 2.20. The Bertz CT molecular complexity index is 819. The van der Waals surface area contributed by atoms with Crippen LogP contribution in [-0.4, -0.2) is 52.5 Å². The minimum Gasteiger partial charge on any atom is -0.370 e. The predicted octanol–water partition coefficient (Wildman–Crippen LogP) is 1.12. The van der Waals surface area contributed by atoms with Gasteiger partial charge in [0.25, 0.3) is 5.69 Å². The number of carbonyl (C=O) groups is 3. The number of nitro benzene ring substituents is 1. The van der Waals surface area contributed by atoms with Gasteiger partial charge >= 0.3 is 0 Å². The van der Waals surface area contributed by atoms with Gasteiger partial charge in [-0.15, -0.1) is 12.4 Å². The number of nitrogens with zero attached hydrogens (tertiary/aromatic N) is 2. The molecule has 0 saturated heterocycles. The Morgan fingerprint density at radius 3 is 2.47 bits per heavy atom. The third kappa shape index (κ3) is 8.98. The maximum atomic E-state index is 13.1. The highest BCUT2D eigenvalue weighted by atomic mass is 35.5. The number of benzene rings is 1. The molecule has 0 bridgehead atoms. The van der Waals surface area contributed by atoms with Crippen molar-refractivity contribution in [1.29, 1.82) is 5.41 Å². The first kappa shape index (κ1) is 28.9. The number of nitrogens with one attached hydrogen (secondary N) is 2. The Morgan fingerprint density at radius 1 is 1.31 bits per heavy atom. The van der Waals surface area contributed by atoms with Gasteiger partial charge in [-0.05, 0) is 25.2 Å². The Kier molecular flexibility index (Phi) is 12.8. The molecule has 0 aliphatic rings. The summed E-state index contributed by atoms with van der Waals surface area (Å²) in [6.07, 6.45) is 0.863. The number of amides is 2. The molecule has 1 rings (SSSR count).